The van der Waals surface area contributed by atoms with Crippen molar-refractivity contribution in [2.75, 3.05) is 47.1 Å². The number of hydrogen-bond acceptors (Lipinski definition) is 22. The molecule has 0 saturated heterocycles. The summed E-state index contributed by atoms with van der Waals surface area (Å²) in [4.78, 5) is 6.20. The second kappa shape index (κ2) is 47.7. The molecule has 5 aromatic rings. The molecule has 5 aliphatic rings. The van der Waals surface area contributed by atoms with Gasteiger partial charge in [-0.15, -0.1) is 37.4 Å². The van der Waals surface area contributed by atoms with Gasteiger partial charge < -0.3 is 29.1 Å². The average molecular weight is 1670 g/mol. The number of para-hydroxylation sites is 2. The molecule has 0 saturated carbocycles. The molecule has 0 radical (unpaired) electrons. The second-order valence-electron chi connectivity index (χ2n) is 26.1. The zero-order chi connectivity index (χ0) is 76.6. The number of rotatable bonds is 25. The van der Waals surface area contributed by atoms with Crippen molar-refractivity contribution < 1.29 is 206 Å². The Morgan fingerprint density at radius 1 is 0.620 bits per heavy atom. The van der Waals surface area contributed by atoms with E-state index in [-0.39, 0.29) is 146 Å². The van der Waals surface area contributed by atoms with Crippen LogP contribution >= 0.6 is 35.2 Å². The third kappa shape index (κ3) is 30.9. The minimum Gasteiger partial charge on any atom is -0.748 e. The van der Waals surface area contributed by atoms with Crippen LogP contribution < -0.4 is 134 Å². The van der Waals surface area contributed by atoms with Gasteiger partial charge in [0, 0.05) is 117 Å². The first-order chi connectivity index (χ1) is 49.0. The molecule has 0 spiro atoms. The fourth-order valence-electron chi connectivity index (χ4n) is 12.7. The molecule has 0 amide bonds. The van der Waals surface area contributed by atoms with E-state index in [4.69, 9.17) is 48.5 Å². The molecule has 35 heteroatoms. The number of unbranched alkanes of at least 4 members (excludes halogenated alkanes) is 3. The van der Waals surface area contributed by atoms with E-state index in [1.54, 1.807) is 6.07 Å². The molecule has 5 aromatic carbocycles. The number of nitrogens with one attached hydrogen (secondary N) is 1. The molecule has 3 heterocycles. The molecular weight excluding hydrogens is 1590 g/mol. The van der Waals surface area contributed by atoms with Crippen molar-refractivity contribution in [3.63, 3.8) is 0 Å². The fraction of sp³-hybridized carbons (Fsp3) is 0.384. The average Bonchev–Trinajstić information content (AvgIpc) is 1.60. The summed E-state index contributed by atoms with van der Waals surface area (Å²) < 4.78 is 161. The molecule has 0 aromatic heterocycles. The van der Waals surface area contributed by atoms with Gasteiger partial charge in [-0.25, -0.2) is 34.4 Å². The van der Waals surface area contributed by atoms with E-state index in [0.717, 1.165) is 138 Å². The van der Waals surface area contributed by atoms with E-state index >= 15 is 0 Å². The third-order valence-corrected chi connectivity index (χ3v) is 22.1. The van der Waals surface area contributed by atoms with Gasteiger partial charge in [0.2, 0.25) is 0 Å². The van der Waals surface area contributed by atoms with E-state index in [0.29, 0.717) is 47.8 Å². The van der Waals surface area contributed by atoms with Crippen molar-refractivity contribution >= 4 is 133 Å². The Balaban J connectivity index is 0.000000591. The monoisotopic (exact) mass is 1670 g/mol. The molecule has 3 aliphatic heterocycles. The van der Waals surface area contributed by atoms with E-state index in [9.17, 15) is 44.2 Å². The summed E-state index contributed by atoms with van der Waals surface area (Å²) in [6.45, 7) is 16.6. The first kappa shape index (κ1) is 101. The molecule has 0 unspecified atom stereocenters. The van der Waals surface area contributed by atoms with Crippen molar-refractivity contribution in [3.8, 4) is 0 Å². The van der Waals surface area contributed by atoms with Crippen LogP contribution in [0, 0.1) is 12.1 Å². The smallest absolute Gasteiger partial charge is 0.748 e. The Labute approximate surface area is 741 Å². The molecule has 10 rings (SSSR count). The molecule has 23 nitrogen and oxygen atoms in total. The van der Waals surface area contributed by atoms with Crippen LogP contribution in [0.1, 0.15) is 142 Å². The van der Waals surface area contributed by atoms with Crippen LogP contribution in [0.25, 0.3) is 0 Å². The summed E-state index contributed by atoms with van der Waals surface area (Å²) in [5.41, 5.74) is 14.5. The molecular formula is C73H83Cl2N5Na4O18S6. The number of benzene rings is 5. The summed E-state index contributed by atoms with van der Waals surface area (Å²) in [5, 5.41) is 18.4. The van der Waals surface area contributed by atoms with Crippen LogP contribution in [-0.4, -0.2) is 128 Å². The zero-order valence-electron chi connectivity index (χ0n) is 62.5. The van der Waals surface area contributed by atoms with Crippen LogP contribution in [0.2, 0.25) is 0 Å². The minimum atomic E-state index is -4.69. The summed E-state index contributed by atoms with van der Waals surface area (Å²) in [6.07, 6.45) is 21.0. The number of anilines is 2. The van der Waals surface area contributed by atoms with E-state index in [1.807, 2.05) is 134 Å². The molecule has 1 N–H and O–H groups in total. The second-order valence-corrected chi connectivity index (χ2v) is 32.8. The summed E-state index contributed by atoms with van der Waals surface area (Å²) in [6, 6.07) is 42.7. The summed E-state index contributed by atoms with van der Waals surface area (Å²) in [7, 11) is -19.4. The van der Waals surface area contributed by atoms with Gasteiger partial charge in [0.15, 0.2) is 11.4 Å². The Morgan fingerprint density at radius 3 is 1.71 bits per heavy atom. The van der Waals surface area contributed by atoms with Crippen LogP contribution in [-0.2, 0) is 77.2 Å². The maximum Gasteiger partial charge on any atom is 1.00 e. The first-order valence-corrected chi connectivity index (χ1v) is 41.3. The molecule has 108 heavy (non-hydrogen) atoms. The SMILES string of the molecule is CC1(C)C(/C=C/C2=C(Cl)C(=C/C=C3/N(CCCCS(=O)(=O)[O-])c4ccc(S(=O)(=O)[O-])cc4C3(C)C)/CCC2)=[N+](CCCCSOO[O-])c2cc[c-]cc21.CC1=[N+](CCCCS(=O)(=O)[O-])c2cc[c-]cc2C1(C)C.ClC1=C(C=Nc2ccccc2)CCC/C1=C\Nc1ccccc1.O=S(=O)=O.O=S(=O)=O.[Na+].[Na+].[Na+].[Na+]. The van der Waals surface area contributed by atoms with Crippen LogP contribution in [0.5, 0.6) is 0 Å². The molecule has 0 atom stereocenters. The largest absolute Gasteiger partial charge is 1.00 e. The van der Waals surface area contributed by atoms with Crippen molar-refractivity contribution in [2.45, 2.75) is 147 Å². The topological polar surface area (TPSA) is 349 Å². The van der Waals surface area contributed by atoms with Crippen molar-refractivity contribution in [3.05, 3.63) is 213 Å². The molecule has 562 valence electrons. The number of halogens is 2. The third-order valence-electron chi connectivity index (χ3n) is 18.1. The van der Waals surface area contributed by atoms with Gasteiger partial charge >= 0.3 is 139 Å². The van der Waals surface area contributed by atoms with Crippen LogP contribution in [0.15, 0.2) is 194 Å². The summed E-state index contributed by atoms with van der Waals surface area (Å²) >= 11 is 14.7. The van der Waals surface area contributed by atoms with Crippen LogP contribution in [0.4, 0.5) is 28.4 Å². The van der Waals surface area contributed by atoms with E-state index in [2.05, 4.69) is 93.8 Å². The molecule has 0 fully saturated rings. The Kier molecular flexibility index (Phi) is 44.6. The maximum absolute atomic E-state index is 11.9. The normalized spacial score (nSPS) is 17.1. The number of hydrogen-bond donors (Lipinski definition) is 1. The van der Waals surface area contributed by atoms with Crippen molar-refractivity contribution in [2.24, 2.45) is 4.99 Å². The Bertz CT molecular complexity index is 4760. The van der Waals surface area contributed by atoms with E-state index in [1.165, 1.54) is 29.0 Å². The van der Waals surface area contributed by atoms with Gasteiger partial charge in [-0.2, -0.15) is 40.7 Å². The number of allylic oxidation sites excluding steroid dienone is 11. The van der Waals surface area contributed by atoms with Crippen LogP contribution in [0.3, 0.4) is 0 Å². The first-order valence-electron chi connectivity index (χ1n) is 33.1. The van der Waals surface area contributed by atoms with E-state index < -0.39 is 62.7 Å². The van der Waals surface area contributed by atoms with Gasteiger partial charge in [-0.05, 0) is 141 Å². The van der Waals surface area contributed by atoms with Gasteiger partial charge in [-0.3, -0.25) is 10.0 Å². The molecule has 0 bridgehead atoms. The predicted octanol–water partition coefficient (Wildman–Crippen LogP) is 0.863. The summed E-state index contributed by atoms with van der Waals surface area (Å²) in [5.74, 6) is -0.126. The van der Waals surface area contributed by atoms with Gasteiger partial charge in [-0.1, -0.05) is 124 Å². The fourth-order valence-corrected chi connectivity index (χ4v) is 15.3. The number of nitrogens with zero attached hydrogens (tertiary/aromatic N) is 4. The maximum atomic E-state index is 11.9. The quantitative estimate of drug-likeness (QED) is 0.00974. The van der Waals surface area contributed by atoms with Gasteiger partial charge in [0.25, 0.3) is 0 Å². The van der Waals surface area contributed by atoms with Gasteiger partial charge in [0.05, 0.1) is 30.8 Å². The number of aliphatic imine (C=N–C) groups is 1. The predicted molar refractivity (Wildman–Crippen MR) is 399 cm³/mol. The standard InChI is InChI=1S/C38H47ClN2O9S3.C20H19ClN2.C15H21NO3S.4Na.2O3S/c1-37(2)30-14-5-6-15-32(30)40(22-7-9-24-51-50-49-42)34(37)20-16-27-12-11-13-28(36(27)39)17-21-35-38(3,4)31-26-29(53(46,47)48)18-19-33(31)41(35)23-8-10-25-52(43,44)45;21-20-16(14-22-18-10-3-1-4-11-18)8-7-9-17(20)15-23-19-12-5-2-6-13-19;1-12-15(2,3)13-8-4-5-9-14(13)16(12)10-6-7-11-20(17,18)19;;;;;2*1-4(2)3/h6,14-21,26,42H,7-13,22-25H2,1-4H3,(H,43,44,45)(H,46,47,48);1-6,10-15,22H,7-9H2;5,8-9H,6-7,10-11H2,1-3H3,(H,17,18,19);;;;;;/q;;;4*+1;;/p-4/b;16-14+,23-15?;;;;;;;. The zero-order valence-corrected chi connectivity index (χ0v) is 76.9. The Morgan fingerprint density at radius 2 is 1.14 bits per heavy atom. The van der Waals surface area contributed by atoms with Crippen molar-refractivity contribution in [1.29, 1.82) is 0 Å². The minimum absolute atomic E-state index is 0. The molecule has 2 aliphatic carbocycles. The van der Waals surface area contributed by atoms with Crippen molar-refractivity contribution in [1.82, 2.24) is 0 Å². The van der Waals surface area contributed by atoms with Gasteiger partial charge in [0.1, 0.15) is 34.6 Å². The Hall–Kier alpha value is -3.07. The number of fused-ring (bicyclic) bond motifs is 3.